The fourth-order valence-electron chi connectivity index (χ4n) is 1.58. The van der Waals surface area contributed by atoms with Gasteiger partial charge in [-0.25, -0.2) is 4.68 Å². The Bertz CT molecular complexity index is 468. The first-order valence-corrected chi connectivity index (χ1v) is 5.90. The van der Waals surface area contributed by atoms with Gasteiger partial charge in [0.1, 0.15) is 0 Å². The van der Waals surface area contributed by atoms with Gasteiger partial charge in [0, 0.05) is 12.6 Å². The second-order valence-electron chi connectivity index (χ2n) is 5.05. The van der Waals surface area contributed by atoms with E-state index in [0.717, 1.165) is 24.8 Å². The molecule has 0 aliphatic carbocycles. The number of hydrogen-bond donors (Lipinski definition) is 0. The first-order chi connectivity index (χ1) is 7.94. The van der Waals surface area contributed by atoms with E-state index < -0.39 is 0 Å². The Morgan fingerprint density at radius 3 is 2.76 bits per heavy atom. The normalized spacial score (nSPS) is 11.2. The van der Waals surface area contributed by atoms with E-state index in [1.807, 2.05) is 20.8 Å². The minimum atomic E-state index is -0.272. The number of aromatic nitrogens is 2. The monoisotopic (exact) mass is 233 g/mol. The van der Waals surface area contributed by atoms with Crippen LogP contribution in [0.1, 0.15) is 38.7 Å². The summed E-state index contributed by atoms with van der Waals surface area (Å²) in [5.41, 5.74) is 0.562. The molecule has 1 heterocycles. The maximum absolute atomic E-state index is 11.5. The molecule has 0 aromatic carbocycles. The maximum atomic E-state index is 11.5. The topological polar surface area (TPSA) is 58.7 Å². The van der Waals surface area contributed by atoms with Crippen LogP contribution in [-0.2, 0) is 6.54 Å². The maximum Gasteiger partial charge on any atom is 0.266 e. The minimum Gasteiger partial charge on any atom is -0.268 e. The summed E-state index contributed by atoms with van der Waals surface area (Å²) in [6.07, 6.45) is 4.36. The van der Waals surface area contributed by atoms with E-state index in [2.05, 4.69) is 11.2 Å². The van der Waals surface area contributed by atoms with E-state index in [9.17, 15) is 4.79 Å². The molecule has 0 aliphatic heterocycles. The van der Waals surface area contributed by atoms with Gasteiger partial charge in [-0.3, -0.25) is 4.79 Å². The van der Waals surface area contributed by atoms with Crippen LogP contribution in [0.5, 0.6) is 0 Å². The van der Waals surface area contributed by atoms with Gasteiger partial charge in [-0.05, 0) is 39.2 Å². The van der Waals surface area contributed by atoms with Crippen molar-refractivity contribution in [1.29, 1.82) is 5.26 Å². The highest BCUT2D eigenvalue weighted by molar-refractivity contribution is 5.02. The highest BCUT2D eigenvalue weighted by Gasteiger charge is 2.15. The second kappa shape index (κ2) is 5.62. The zero-order valence-electron chi connectivity index (χ0n) is 10.7. The molecule has 0 saturated carbocycles. The van der Waals surface area contributed by atoms with Gasteiger partial charge >= 0.3 is 0 Å². The third-order valence-corrected chi connectivity index (χ3v) is 2.73. The molecule has 0 atom stereocenters. The van der Waals surface area contributed by atoms with Crippen molar-refractivity contribution < 1.29 is 0 Å². The molecule has 1 aromatic rings. The first-order valence-electron chi connectivity index (χ1n) is 5.90. The summed E-state index contributed by atoms with van der Waals surface area (Å²) in [7, 11) is 0. The van der Waals surface area contributed by atoms with E-state index in [-0.39, 0.29) is 11.0 Å². The average Bonchev–Trinajstić information content (AvgIpc) is 2.27. The summed E-state index contributed by atoms with van der Waals surface area (Å²) < 4.78 is 1.48. The van der Waals surface area contributed by atoms with Gasteiger partial charge in [-0.15, -0.1) is 0 Å². The molecule has 0 aliphatic rings. The lowest BCUT2D eigenvalue weighted by Crippen LogP contribution is -2.22. The molecule has 4 nitrogen and oxygen atoms in total. The van der Waals surface area contributed by atoms with Crippen LogP contribution in [0.2, 0.25) is 0 Å². The Morgan fingerprint density at radius 1 is 1.47 bits per heavy atom. The van der Waals surface area contributed by atoms with E-state index in [0.29, 0.717) is 6.54 Å². The van der Waals surface area contributed by atoms with Gasteiger partial charge in [0.15, 0.2) is 0 Å². The molecule has 17 heavy (non-hydrogen) atoms. The van der Waals surface area contributed by atoms with Crippen LogP contribution in [0.3, 0.4) is 0 Å². The summed E-state index contributed by atoms with van der Waals surface area (Å²) in [4.78, 5) is 11.5. The van der Waals surface area contributed by atoms with Crippen molar-refractivity contribution in [3.8, 4) is 6.07 Å². The van der Waals surface area contributed by atoms with Gasteiger partial charge < -0.3 is 0 Å². The Labute approximate surface area is 102 Å². The summed E-state index contributed by atoms with van der Waals surface area (Å²) in [6, 6.07) is 3.86. The van der Waals surface area contributed by atoms with E-state index in [1.165, 1.54) is 4.68 Å². The predicted molar refractivity (Wildman–Crippen MR) is 66.5 cm³/mol. The third-order valence-electron chi connectivity index (χ3n) is 2.73. The van der Waals surface area contributed by atoms with E-state index in [4.69, 9.17) is 5.26 Å². The largest absolute Gasteiger partial charge is 0.268 e. The van der Waals surface area contributed by atoms with Crippen molar-refractivity contribution in [2.24, 2.45) is 5.41 Å². The highest BCUT2D eigenvalue weighted by Crippen LogP contribution is 2.21. The van der Waals surface area contributed by atoms with Crippen LogP contribution in [0.4, 0.5) is 0 Å². The Kier molecular flexibility index (Phi) is 4.45. The number of hydrogen-bond acceptors (Lipinski definition) is 3. The molecule has 0 saturated heterocycles. The Hall–Kier alpha value is -1.63. The smallest absolute Gasteiger partial charge is 0.266 e. The zero-order valence-corrected chi connectivity index (χ0v) is 10.7. The van der Waals surface area contributed by atoms with Crippen LogP contribution in [0, 0.1) is 23.7 Å². The Morgan fingerprint density at radius 2 is 2.18 bits per heavy atom. The molecule has 1 aromatic heterocycles. The molecule has 0 bridgehead atoms. The molecule has 0 radical (unpaired) electrons. The van der Waals surface area contributed by atoms with Gasteiger partial charge in [-0.1, -0.05) is 6.42 Å². The summed E-state index contributed by atoms with van der Waals surface area (Å²) >= 11 is 0. The number of unbranched alkanes of at least 4 members (excludes halogenated alkanes) is 1. The SMILES string of the molecule is Cc1cnn(CCCCC(C)(C)C#N)c(=O)c1. The molecular formula is C13H19N3O. The van der Waals surface area contributed by atoms with Crippen LogP contribution >= 0.6 is 0 Å². The van der Waals surface area contributed by atoms with Crippen molar-refractivity contribution in [2.75, 3.05) is 0 Å². The molecule has 0 N–H and O–H groups in total. The van der Waals surface area contributed by atoms with Crippen LogP contribution in [0.25, 0.3) is 0 Å². The fraction of sp³-hybridized carbons (Fsp3) is 0.615. The lowest BCUT2D eigenvalue weighted by molar-refractivity contribution is 0.408. The fourth-order valence-corrected chi connectivity index (χ4v) is 1.58. The Balaban J connectivity index is 2.42. The van der Waals surface area contributed by atoms with Crippen molar-refractivity contribution in [2.45, 2.75) is 46.6 Å². The second-order valence-corrected chi connectivity index (χ2v) is 5.05. The lowest BCUT2D eigenvalue weighted by Gasteiger charge is -2.14. The molecule has 0 spiro atoms. The van der Waals surface area contributed by atoms with Crippen LogP contribution in [0.15, 0.2) is 17.1 Å². The van der Waals surface area contributed by atoms with Gasteiger partial charge in [0.25, 0.3) is 5.56 Å². The summed E-state index contributed by atoms with van der Waals surface area (Å²) in [5, 5.41) is 12.9. The zero-order chi connectivity index (χ0) is 12.9. The number of rotatable bonds is 5. The molecule has 4 heteroatoms. The van der Waals surface area contributed by atoms with Gasteiger partial charge in [-0.2, -0.15) is 10.4 Å². The van der Waals surface area contributed by atoms with Crippen LogP contribution < -0.4 is 5.56 Å². The lowest BCUT2D eigenvalue weighted by atomic mass is 9.89. The van der Waals surface area contributed by atoms with Gasteiger partial charge in [0.2, 0.25) is 0 Å². The summed E-state index contributed by atoms with van der Waals surface area (Å²) in [6.45, 7) is 6.35. The van der Waals surface area contributed by atoms with Gasteiger partial charge in [0.05, 0.1) is 17.7 Å². The number of nitriles is 1. The van der Waals surface area contributed by atoms with Crippen molar-refractivity contribution in [3.05, 3.63) is 28.2 Å². The highest BCUT2D eigenvalue weighted by atomic mass is 16.1. The van der Waals surface area contributed by atoms with E-state index >= 15 is 0 Å². The standard InChI is InChI=1S/C13H19N3O/c1-11-8-12(17)16(15-9-11)7-5-4-6-13(2,3)10-14/h8-9H,4-7H2,1-3H3. The molecular weight excluding hydrogens is 214 g/mol. The molecule has 1 rings (SSSR count). The molecule has 0 unspecified atom stereocenters. The number of nitrogens with zero attached hydrogens (tertiary/aromatic N) is 3. The average molecular weight is 233 g/mol. The first kappa shape index (κ1) is 13.4. The predicted octanol–water partition coefficient (Wildman–Crippen LogP) is 2.27. The molecule has 0 amide bonds. The number of aryl methyl sites for hydroxylation is 2. The summed E-state index contributed by atoms with van der Waals surface area (Å²) in [5.74, 6) is 0. The van der Waals surface area contributed by atoms with E-state index in [1.54, 1.807) is 12.3 Å². The molecule has 0 fully saturated rings. The van der Waals surface area contributed by atoms with Crippen molar-refractivity contribution in [1.82, 2.24) is 9.78 Å². The molecule has 92 valence electrons. The van der Waals surface area contributed by atoms with Crippen LogP contribution in [-0.4, -0.2) is 9.78 Å². The van der Waals surface area contributed by atoms with Crippen molar-refractivity contribution >= 4 is 0 Å². The minimum absolute atomic E-state index is 0.0513. The third kappa shape index (κ3) is 4.39. The quantitative estimate of drug-likeness (QED) is 0.733. The van der Waals surface area contributed by atoms with Crippen molar-refractivity contribution in [3.63, 3.8) is 0 Å².